The lowest BCUT2D eigenvalue weighted by Crippen LogP contribution is -2.30. The average Bonchev–Trinajstić information content (AvgIpc) is 2.76. The van der Waals surface area contributed by atoms with Crippen molar-refractivity contribution in [2.75, 3.05) is 41.3 Å². The van der Waals surface area contributed by atoms with Crippen LogP contribution < -0.4 is 15.1 Å². The van der Waals surface area contributed by atoms with Gasteiger partial charge in [-0.15, -0.1) is 0 Å². The van der Waals surface area contributed by atoms with Gasteiger partial charge in [-0.1, -0.05) is 0 Å². The van der Waals surface area contributed by atoms with Gasteiger partial charge in [0.05, 0.1) is 5.56 Å². The molecule has 3 heterocycles. The standard InChI is InChI=1S/C22H28N4O/c27-22(18-7-12-21(23-17-18)26-15-5-2-6-16-26)24-19-8-10-20(11-9-19)25-13-3-1-4-14-25/h7-12,17H,1-6,13-16H2,(H,24,27). The van der Waals surface area contributed by atoms with Crippen molar-refractivity contribution in [1.82, 2.24) is 4.98 Å². The third-order valence-electron chi connectivity index (χ3n) is 5.54. The number of benzene rings is 1. The number of piperidine rings is 2. The first kappa shape index (κ1) is 17.8. The molecule has 0 unspecified atom stereocenters. The quantitative estimate of drug-likeness (QED) is 0.878. The lowest BCUT2D eigenvalue weighted by Gasteiger charge is -2.28. The Balaban J connectivity index is 1.36. The zero-order chi connectivity index (χ0) is 18.5. The molecular weight excluding hydrogens is 336 g/mol. The molecule has 1 N–H and O–H groups in total. The number of amides is 1. The molecule has 0 spiro atoms. The molecule has 2 aromatic rings. The molecule has 2 aliphatic rings. The molecule has 0 bridgehead atoms. The monoisotopic (exact) mass is 364 g/mol. The molecule has 2 saturated heterocycles. The minimum Gasteiger partial charge on any atom is -0.372 e. The number of pyridine rings is 1. The largest absolute Gasteiger partial charge is 0.372 e. The molecule has 2 fully saturated rings. The van der Waals surface area contributed by atoms with E-state index >= 15 is 0 Å². The number of nitrogens with one attached hydrogen (secondary N) is 1. The maximum atomic E-state index is 12.5. The van der Waals surface area contributed by atoms with Crippen molar-refractivity contribution in [3.05, 3.63) is 48.2 Å². The highest BCUT2D eigenvalue weighted by Crippen LogP contribution is 2.22. The minimum absolute atomic E-state index is 0.113. The third-order valence-corrected chi connectivity index (χ3v) is 5.54. The predicted molar refractivity (Wildman–Crippen MR) is 111 cm³/mol. The first-order chi connectivity index (χ1) is 13.3. The van der Waals surface area contributed by atoms with Gasteiger partial charge < -0.3 is 15.1 Å². The van der Waals surface area contributed by atoms with Crippen molar-refractivity contribution < 1.29 is 4.79 Å². The Bertz CT molecular complexity index is 745. The molecule has 1 amide bonds. The number of anilines is 3. The van der Waals surface area contributed by atoms with Crippen molar-refractivity contribution >= 4 is 23.1 Å². The molecule has 27 heavy (non-hydrogen) atoms. The summed E-state index contributed by atoms with van der Waals surface area (Å²) in [5, 5.41) is 2.98. The predicted octanol–water partition coefficient (Wildman–Crippen LogP) is 4.31. The summed E-state index contributed by atoms with van der Waals surface area (Å²) in [4.78, 5) is 21.7. The van der Waals surface area contributed by atoms with Crippen molar-refractivity contribution in [1.29, 1.82) is 0 Å². The van der Waals surface area contributed by atoms with E-state index in [2.05, 4.69) is 32.2 Å². The van der Waals surface area contributed by atoms with Crippen LogP contribution in [0.15, 0.2) is 42.6 Å². The fourth-order valence-corrected chi connectivity index (χ4v) is 3.94. The summed E-state index contributed by atoms with van der Waals surface area (Å²) in [5.74, 6) is 0.857. The van der Waals surface area contributed by atoms with Crippen LogP contribution in [-0.4, -0.2) is 37.1 Å². The van der Waals surface area contributed by atoms with Crippen LogP contribution in [0.5, 0.6) is 0 Å². The van der Waals surface area contributed by atoms with Gasteiger partial charge in [0, 0.05) is 43.8 Å². The number of hydrogen-bond donors (Lipinski definition) is 1. The van der Waals surface area contributed by atoms with Gasteiger partial charge in [0.1, 0.15) is 5.82 Å². The summed E-state index contributed by atoms with van der Waals surface area (Å²) < 4.78 is 0. The van der Waals surface area contributed by atoms with Gasteiger partial charge in [0.25, 0.3) is 5.91 Å². The van der Waals surface area contributed by atoms with Gasteiger partial charge in [-0.25, -0.2) is 4.98 Å². The Morgan fingerprint density at radius 2 is 1.41 bits per heavy atom. The molecule has 5 heteroatoms. The van der Waals surface area contributed by atoms with Gasteiger partial charge in [0.15, 0.2) is 0 Å². The Morgan fingerprint density at radius 3 is 2.00 bits per heavy atom. The van der Waals surface area contributed by atoms with Gasteiger partial charge in [0.2, 0.25) is 0 Å². The lowest BCUT2D eigenvalue weighted by molar-refractivity contribution is 0.102. The highest BCUT2D eigenvalue weighted by atomic mass is 16.1. The fourth-order valence-electron chi connectivity index (χ4n) is 3.94. The third kappa shape index (κ3) is 4.41. The van der Waals surface area contributed by atoms with E-state index in [1.54, 1.807) is 6.20 Å². The second kappa shape index (κ2) is 8.42. The lowest BCUT2D eigenvalue weighted by atomic mass is 10.1. The number of aromatic nitrogens is 1. The second-order valence-electron chi connectivity index (χ2n) is 7.50. The van der Waals surface area contributed by atoms with Crippen LogP contribution in [0.3, 0.4) is 0 Å². The molecule has 2 aliphatic heterocycles. The van der Waals surface area contributed by atoms with E-state index in [0.717, 1.165) is 37.7 Å². The first-order valence-electron chi connectivity index (χ1n) is 10.2. The van der Waals surface area contributed by atoms with Crippen molar-refractivity contribution in [2.45, 2.75) is 38.5 Å². The smallest absolute Gasteiger partial charge is 0.257 e. The first-order valence-corrected chi connectivity index (χ1v) is 10.2. The number of carbonyl (C=O) groups excluding carboxylic acids is 1. The fraction of sp³-hybridized carbons (Fsp3) is 0.455. The number of carbonyl (C=O) groups is 1. The molecule has 0 aliphatic carbocycles. The van der Waals surface area contributed by atoms with Crippen LogP contribution in [0.2, 0.25) is 0 Å². The Hall–Kier alpha value is -2.56. The van der Waals surface area contributed by atoms with E-state index in [-0.39, 0.29) is 5.91 Å². The molecule has 1 aromatic carbocycles. The summed E-state index contributed by atoms with van der Waals surface area (Å²) in [5.41, 5.74) is 2.65. The minimum atomic E-state index is -0.113. The summed E-state index contributed by atoms with van der Waals surface area (Å²) in [6.45, 7) is 4.37. The second-order valence-corrected chi connectivity index (χ2v) is 7.50. The molecule has 1 aromatic heterocycles. The van der Waals surface area contributed by atoms with Crippen molar-refractivity contribution in [2.24, 2.45) is 0 Å². The van der Waals surface area contributed by atoms with E-state index < -0.39 is 0 Å². The molecular formula is C22H28N4O. The van der Waals surface area contributed by atoms with Crippen LogP contribution in [-0.2, 0) is 0 Å². The van der Waals surface area contributed by atoms with Gasteiger partial charge in [-0.2, -0.15) is 0 Å². The van der Waals surface area contributed by atoms with E-state index in [0.29, 0.717) is 5.56 Å². The van der Waals surface area contributed by atoms with E-state index in [1.165, 1.54) is 44.2 Å². The van der Waals surface area contributed by atoms with Crippen LogP contribution in [0.4, 0.5) is 17.2 Å². The molecule has 142 valence electrons. The maximum absolute atomic E-state index is 12.5. The molecule has 0 saturated carbocycles. The molecule has 0 atom stereocenters. The van der Waals surface area contributed by atoms with E-state index in [1.807, 2.05) is 24.3 Å². The summed E-state index contributed by atoms with van der Waals surface area (Å²) in [6, 6.07) is 12.0. The van der Waals surface area contributed by atoms with Crippen LogP contribution in [0.1, 0.15) is 48.9 Å². The molecule has 4 rings (SSSR count). The highest BCUT2D eigenvalue weighted by Gasteiger charge is 2.14. The summed E-state index contributed by atoms with van der Waals surface area (Å²) in [7, 11) is 0. The van der Waals surface area contributed by atoms with E-state index in [9.17, 15) is 4.79 Å². The van der Waals surface area contributed by atoms with Gasteiger partial charge >= 0.3 is 0 Å². The van der Waals surface area contributed by atoms with Crippen LogP contribution >= 0.6 is 0 Å². The van der Waals surface area contributed by atoms with Crippen molar-refractivity contribution in [3.8, 4) is 0 Å². The zero-order valence-electron chi connectivity index (χ0n) is 15.9. The SMILES string of the molecule is O=C(Nc1ccc(N2CCCCC2)cc1)c1ccc(N2CCCCC2)nc1. The Morgan fingerprint density at radius 1 is 0.778 bits per heavy atom. The Kier molecular flexibility index (Phi) is 5.56. The Labute approximate surface area is 161 Å². The number of rotatable bonds is 4. The summed E-state index contributed by atoms with van der Waals surface area (Å²) in [6.07, 6.45) is 9.27. The topological polar surface area (TPSA) is 48.5 Å². The molecule has 5 nitrogen and oxygen atoms in total. The van der Waals surface area contributed by atoms with Crippen molar-refractivity contribution in [3.63, 3.8) is 0 Å². The van der Waals surface area contributed by atoms with Crippen LogP contribution in [0.25, 0.3) is 0 Å². The average molecular weight is 364 g/mol. The van der Waals surface area contributed by atoms with Gasteiger partial charge in [-0.3, -0.25) is 4.79 Å². The number of nitrogens with zero attached hydrogens (tertiary/aromatic N) is 3. The molecule has 0 radical (unpaired) electrons. The maximum Gasteiger partial charge on any atom is 0.257 e. The summed E-state index contributed by atoms with van der Waals surface area (Å²) >= 11 is 0. The van der Waals surface area contributed by atoms with Gasteiger partial charge in [-0.05, 0) is 74.9 Å². The zero-order valence-corrected chi connectivity index (χ0v) is 15.9. The normalized spacial score (nSPS) is 17.6. The highest BCUT2D eigenvalue weighted by molar-refractivity contribution is 6.04. The number of hydrogen-bond acceptors (Lipinski definition) is 4. The van der Waals surface area contributed by atoms with E-state index in [4.69, 9.17) is 0 Å². The van der Waals surface area contributed by atoms with Crippen LogP contribution in [0, 0.1) is 0 Å².